The molecule has 0 unspecified atom stereocenters. The molecule has 0 atom stereocenters. The Morgan fingerprint density at radius 3 is 2.76 bits per heavy atom. The van der Waals surface area contributed by atoms with Gasteiger partial charge in [0.2, 0.25) is 0 Å². The molecule has 0 aliphatic heterocycles. The van der Waals surface area contributed by atoms with E-state index in [0.717, 1.165) is 17.0 Å². The van der Waals surface area contributed by atoms with Crippen LogP contribution in [-0.2, 0) is 6.54 Å². The van der Waals surface area contributed by atoms with Gasteiger partial charge < -0.3 is 10.0 Å². The van der Waals surface area contributed by atoms with Gasteiger partial charge in [-0.05, 0) is 30.5 Å². The van der Waals surface area contributed by atoms with Crippen LogP contribution in [0.15, 0.2) is 35.7 Å². The molecule has 2 aromatic rings. The van der Waals surface area contributed by atoms with E-state index in [9.17, 15) is 20.0 Å². The third-order valence-corrected chi connectivity index (χ3v) is 3.86. The van der Waals surface area contributed by atoms with E-state index in [1.54, 1.807) is 6.92 Å². The lowest BCUT2D eigenvalue weighted by Gasteiger charge is -2.20. The highest BCUT2D eigenvalue weighted by Crippen LogP contribution is 2.25. The van der Waals surface area contributed by atoms with Crippen molar-refractivity contribution in [3.05, 3.63) is 56.3 Å². The van der Waals surface area contributed by atoms with Crippen molar-refractivity contribution in [2.45, 2.75) is 13.5 Å². The largest absolute Gasteiger partial charge is 0.508 e. The van der Waals surface area contributed by atoms with Crippen molar-refractivity contribution in [3.63, 3.8) is 0 Å². The zero-order valence-electron chi connectivity index (χ0n) is 11.4. The zero-order valence-corrected chi connectivity index (χ0v) is 12.2. The second-order valence-electron chi connectivity index (χ2n) is 4.36. The smallest absolute Gasteiger partial charge is 0.282 e. The van der Waals surface area contributed by atoms with Crippen LogP contribution in [0, 0.1) is 10.1 Å². The van der Waals surface area contributed by atoms with E-state index < -0.39 is 10.8 Å². The number of hydrogen-bond acceptors (Lipinski definition) is 5. The summed E-state index contributed by atoms with van der Waals surface area (Å²) in [5, 5.41) is 22.4. The van der Waals surface area contributed by atoms with Gasteiger partial charge in [0.1, 0.15) is 11.3 Å². The fraction of sp³-hybridized carbons (Fsp3) is 0.214. The summed E-state index contributed by atoms with van der Waals surface area (Å²) < 4.78 is 0. The summed E-state index contributed by atoms with van der Waals surface area (Å²) in [4.78, 5) is 25.4. The van der Waals surface area contributed by atoms with Crippen molar-refractivity contribution in [2.75, 3.05) is 6.54 Å². The highest BCUT2D eigenvalue weighted by Gasteiger charge is 2.24. The summed E-state index contributed by atoms with van der Waals surface area (Å²) in [6.07, 6.45) is 0. The second-order valence-corrected chi connectivity index (χ2v) is 5.39. The van der Waals surface area contributed by atoms with Crippen molar-refractivity contribution in [1.82, 2.24) is 4.90 Å². The normalized spacial score (nSPS) is 10.3. The van der Waals surface area contributed by atoms with Gasteiger partial charge in [-0.25, -0.2) is 0 Å². The lowest BCUT2D eigenvalue weighted by atomic mass is 10.1. The average Bonchev–Trinajstić information content (AvgIpc) is 2.96. The second kappa shape index (κ2) is 6.36. The Morgan fingerprint density at radius 1 is 1.43 bits per heavy atom. The Bertz CT molecular complexity index is 655. The molecule has 1 N–H and O–H groups in total. The number of carbonyl (C=O) groups is 1. The average molecular weight is 306 g/mol. The van der Waals surface area contributed by atoms with Crippen LogP contribution in [0.3, 0.4) is 0 Å². The number of thiophene rings is 1. The number of nitrogens with zero attached hydrogens (tertiary/aromatic N) is 2. The molecule has 1 amide bonds. The first-order valence-corrected chi connectivity index (χ1v) is 7.20. The predicted octanol–water partition coefficient (Wildman–Crippen LogP) is 3.02. The number of amides is 1. The zero-order chi connectivity index (χ0) is 15.4. The summed E-state index contributed by atoms with van der Waals surface area (Å²) >= 11 is 1.52. The van der Waals surface area contributed by atoms with Gasteiger partial charge in [0.15, 0.2) is 0 Å². The molecule has 1 heterocycles. The first-order chi connectivity index (χ1) is 10.0. The molecule has 0 aliphatic carbocycles. The van der Waals surface area contributed by atoms with Crippen LogP contribution in [0.1, 0.15) is 22.2 Å². The highest BCUT2D eigenvalue weighted by molar-refractivity contribution is 7.09. The first kappa shape index (κ1) is 15.0. The van der Waals surface area contributed by atoms with E-state index >= 15 is 0 Å². The Balaban J connectivity index is 2.33. The monoisotopic (exact) mass is 306 g/mol. The van der Waals surface area contributed by atoms with Gasteiger partial charge in [-0.3, -0.25) is 14.9 Å². The van der Waals surface area contributed by atoms with E-state index in [4.69, 9.17) is 0 Å². The maximum absolute atomic E-state index is 12.5. The molecular weight excluding hydrogens is 292 g/mol. The van der Waals surface area contributed by atoms with Crippen molar-refractivity contribution in [1.29, 1.82) is 0 Å². The Labute approximate surface area is 125 Å². The Morgan fingerprint density at radius 2 is 2.19 bits per heavy atom. The van der Waals surface area contributed by atoms with Crippen LogP contribution in [0.25, 0.3) is 0 Å². The van der Waals surface area contributed by atoms with Crippen LogP contribution >= 0.6 is 11.3 Å². The fourth-order valence-electron chi connectivity index (χ4n) is 1.94. The van der Waals surface area contributed by atoms with Gasteiger partial charge >= 0.3 is 0 Å². The number of carbonyl (C=O) groups excluding carboxylic acids is 1. The highest BCUT2D eigenvalue weighted by atomic mass is 32.1. The number of nitro groups is 1. The van der Waals surface area contributed by atoms with Crippen LogP contribution in [0.5, 0.6) is 5.75 Å². The molecule has 0 spiro atoms. The molecule has 1 aromatic heterocycles. The number of rotatable bonds is 5. The van der Waals surface area contributed by atoms with Gasteiger partial charge in [0.25, 0.3) is 11.6 Å². The summed E-state index contributed by atoms with van der Waals surface area (Å²) in [6.45, 7) is 2.61. The summed E-state index contributed by atoms with van der Waals surface area (Å²) in [7, 11) is 0. The quantitative estimate of drug-likeness (QED) is 0.680. The number of benzene rings is 1. The lowest BCUT2D eigenvalue weighted by Crippen LogP contribution is -2.30. The van der Waals surface area contributed by atoms with Crippen molar-refractivity contribution in [2.24, 2.45) is 0 Å². The van der Waals surface area contributed by atoms with E-state index in [1.165, 1.54) is 22.3 Å². The van der Waals surface area contributed by atoms with Gasteiger partial charge in [-0.15, -0.1) is 11.3 Å². The first-order valence-electron chi connectivity index (χ1n) is 6.32. The molecule has 2 rings (SSSR count). The van der Waals surface area contributed by atoms with Crippen molar-refractivity contribution >= 4 is 22.9 Å². The molecule has 21 heavy (non-hydrogen) atoms. The topological polar surface area (TPSA) is 83.7 Å². The standard InChI is InChI=1S/C14H14N2O4S/c1-2-15(9-11-4-3-7-21-11)14(18)12-8-10(17)5-6-13(12)16(19)20/h3-8,17H,2,9H2,1H3. The lowest BCUT2D eigenvalue weighted by molar-refractivity contribution is -0.385. The van der Waals surface area contributed by atoms with E-state index in [2.05, 4.69) is 0 Å². The van der Waals surface area contributed by atoms with E-state index in [0.29, 0.717) is 13.1 Å². The molecule has 1 aromatic carbocycles. The third kappa shape index (κ3) is 3.38. The molecule has 7 heteroatoms. The van der Waals surface area contributed by atoms with Crippen LogP contribution in [0.4, 0.5) is 5.69 Å². The number of phenolic OH excluding ortho intramolecular Hbond substituents is 1. The predicted molar refractivity (Wildman–Crippen MR) is 79.5 cm³/mol. The number of hydrogen-bond donors (Lipinski definition) is 1. The Hall–Kier alpha value is -2.41. The SMILES string of the molecule is CCN(Cc1cccs1)C(=O)c1cc(O)ccc1[N+](=O)[O-]. The van der Waals surface area contributed by atoms with Crippen molar-refractivity contribution < 1.29 is 14.8 Å². The number of phenols is 1. The number of nitro benzene ring substituents is 1. The molecule has 0 aliphatic rings. The van der Waals surface area contributed by atoms with Gasteiger partial charge in [-0.1, -0.05) is 6.07 Å². The van der Waals surface area contributed by atoms with E-state index in [1.807, 2.05) is 17.5 Å². The summed E-state index contributed by atoms with van der Waals surface area (Å²) in [6, 6.07) is 7.26. The minimum Gasteiger partial charge on any atom is -0.508 e. The van der Waals surface area contributed by atoms with Gasteiger partial charge in [-0.2, -0.15) is 0 Å². The molecule has 0 saturated carbocycles. The fourth-order valence-corrected chi connectivity index (χ4v) is 2.66. The molecule has 0 fully saturated rings. The molecule has 0 bridgehead atoms. The van der Waals surface area contributed by atoms with Gasteiger partial charge in [0.05, 0.1) is 11.5 Å². The number of aromatic hydroxyl groups is 1. The van der Waals surface area contributed by atoms with Crippen molar-refractivity contribution in [3.8, 4) is 5.75 Å². The molecule has 0 saturated heterocycles. The minimum absolute atomic E-state index is 0.0987. The molecule has 110 valence electrons. The Kier molecular flexibility index (Phi) is 4.54. The summed E-state index contributed by atoms with van der Waals surface area (Å²) in [5.41, 5.74) is -0.402. The van der Waals surface area contributed by atoms with Gasteiger partial charge in [0, 0.05) is 17.5 Å². The molecule has 0 radical (unpaired) electrons. The minimum atomic E-state index is -0.619. The van der Waals surface area contributed by atoms with Crippen LogP contribution < -0.4 is 0 Å². The maximum Gasteiger partial charge on any atom is 0.282 e. The van der Waals surface area contributed by atoms with Crippen LogP contribution in [-0.4, -0.2) is 27.4 Å². The maximum atomic E-state index is 12.5. The summed E-state index contributed by atoms with van der Waals surface area (Å²) in [5.74, 6) is -0.635. The third-order valence-electron chi connectivity index (χ3n) is 3.00. The van der Waals surface area contributed by atoms with Crippen LogP contribution in [0.2, 0.25) is 0 Å². The molecule has 6 nitrogen and oxygen atoms in total. The molecular formula is C14H14N2O4S. The van der Waals surface area contributed by atoms with E-state index in [-0.39, 0.29) is 17.0 Å².